The van der Waals surface area contributed by atoms with Crippen molar-refractivity contribution in [1.29, 1.82) is 0 Å². The van der Waals surface area contributed by atoms with E-state index in [1.165, 1.54) is 0 Å². The van der Waals surface area contributed by atoms with Gasteiger partial charge < -0.3 is 10.2 Å². The highest BCUT2D eigenvalue weighted by atomic mass is 16.2. The fourth-order valence-electron chi connectivity index (χ4n) is 3.00. The van der Waals surface area contributed by atoms with Gasteiger partial charge in [0.15, 0.2) is 0 Å². The van der Waals surface area contributed by atoms with Crippen LogP contribution in [0.1, 0.15) is 17.3 Å². The molecule has 0 saturated heterocycles. The van der Waals surface area contributed by atoms with E-state index in [4.69, 9.17) is 0 Å². The van der Waals surface area contributed by atoms with Gasteiger partial charge in [-0.25, -0.2) is 4.79 Å². The second-order valence-corrected chi connectivity index (χ2v) is 5.77. The number of amidine groups is 1. The molecule has 122 valence electrons. The molecular weight excluding hydrogens is 310 g/mol. The van der Waals surface area contributed by atoms with E-state index in [1.807, 2.05) is 91.0 Å². The van der Waals surface area contributed by atoms with Gasteiger partial charge in [-0.3, -0.25) is 0 Å². The van der Waals surface area contributed by atoms with Gasteiger partial charge in [0.2, 0.25) is 0 Å². The molecular formula is C21H17N3O. The number of carbonyl (C=O) groups excluding carboxylic acids is 1. The summed E-state index contributed by atoms with van der Waals surface area (Å²) < 4.78 is 0. The number of para-hydroxylation sites is 1. The van der Waals surface area contributed by atoms with E-state index in [2.05, 4.69) is 15.2 Å². The van der Waals surface area contributed by atoms with Crippen molar-refractivity contribution in [3.05, 3.63) is 102 Å². The fourth-order valence-corrected chi connectivity index (χ4v) is 3.00. The largest absolute Gasteiger partial charge is 0.344 e. The van der Waals surface area contributed by atoms with Crippen LogP contribution in [0, 0.1) is 0 Å². The lowest BCUT2D eigenvalue weighted by Gasteiger charge is -2.37. The number of hydrogen-bond donors (Lipinski definition) is 1. The second kappa shape index (κ2) is 6.61. The van der Waals surface area contributed by atoms with Gasteiger partial charge in [0.25, 0.3) is 0 Å². The van der Waals surface area contributed by atoms with E-state index < -0.39 is 0 Å². The Kier molecular flexibility index (Phi) is 4.01. The van der Waals surface area contributed by atoms with E-state index in [9.17, 15) is 4.79 Å². The van der Waals surface area contributed by atoms with E-state index >= 15 is 0 Å². The first-order valence-corrected chi connectivity index (χ1v) is 8.17. The summed E-state index contributed by atoms with van der Waals surface area (Å²) in [6.07, 6.45) is -0.316. The zero-order valence-corrected chi connectivity index (χ0v) is 13.5. The van der Waals surface area contributed by atoms with E-state index in [0.717, 1.165) is 16.8 Å². The standard InChI is InChI=1S/C21H17N3O/c25-21-22-19(16-10-4-1-5-11-16)24(18-14-8-3-9-15-18)20(23-21)17-12-6-2-7-13-17/h1-15,19H,(H,22,25). The first kappa shape index (κ1) is 15.1. The molecule has 1 unspecified atom stereocenters. The molecule has 1 aliphatic heterocycles. The molecule has 3 aromatic carbocycles. The molecule has 1 aliphatic rings. The molecule has 1 heterocycles. The molecule has 0 aromatic heterocycles. The van der Waals surface area contributed by atoms with Crippen molar-refractivity contribution < 1.29 is 4.79 Å². The van der Waals surface area contributed by atoms with Gasteiger partial charge in [0.05, 0.1) is 0 Å². The Morgan fingerprint density at radius 3 is 1.96 bits per heavy atom. The minimum atomic E-state index is -0.333. The van der Waals surface area contributed by atoms with Crippen LogP contribution in [-0.2, 0) is 0 Å². The number of nitrogens with zero attached hydrogens (tertiary/aromatic N) is 2. The number of hydrogen-bond acceptors (Lipinski definition) is 2. The summed E-state index contributed by atoms with van der Waals surface area (Å²) in [5.74, 6) is 0.643. The van der Waals surface area contributed by atoms with Gasteiger partial charge in [0.1, 0.15) is 12.0 Å². The molecule has 0 radical (unpaired) electrons. The molecule has 0 fully saturated rings. The number of anilines is 1. The Bertz CT molecular complexity index is 892. The van der Waals surface area contributed by atoms with Crippen molar-refractivity contribution in [1.82, 2.24) is 5.32 Å². The summed E-state index contributed by atoms with van der Waals surface area (Å²) in [5.41, 5.74) is 2.88. The van der Waals surface area contributed by atoms with E-state index in [0.29, 0.717) is 5.84 Å². The predicted molar refractivity (Wildman–Crippen MR) is 99.6 cm³/mol. The summed E-state index contributed by atoms with van der Waals surface area (Å²) in [6.45, 7) is 0. The Balaban J connectivity index is 1.88. The lowest BCUT2D eigenvalue weighted by molar-refractivity contribution is 0.244. The summed E-state index contributed by atoms with van der Waals surface area (Å²) in [4.78, 5) is 18.6. The van der Waals surface area contributed by atoms with Crippen molar-refractivity contribution in [3.8, 4) is 0 Å². The molecule has 2 amide bonds. The van der Waals surface area contributed by atoms with Crippen molar-refractivity contribution >= 4 is 17.6 Å². The van der Waals surface area contributed by atoms with Crippen LogP contribution in [0.4, 0.5) is 10.5 Å². The van der Waals surface area contributed by atoms with Crippen LogP contribution >= 0.6 is 0 Å². The Hall–Kier alpha value is -3.40. The van der Waals surface area contributed by atoms with Crippen molar-refractivity contribution in [3.63, 3.8) is 0 Å². The maximum Gasteiger partial charge on any atom is 0.344 e. The third-order valence-corrected chi connectivity index (χ3v) is 4.14. The lowest BCUT2D eigenvalue weighted by Crippen LogP contribution is -2.49. The summed E-state index contributed by atoms with van der Waals surface area (Å²) in [5, 5.41) is 2.98. The minimum Gasteiger partial charge on any atom is -0.311 e. The third kappa shape index (κ3) is 3.02. The third-order valence-electron chi connectivity index (χ3n) is 4.14. The molecule has 4 heteroatoms. The van der Waals surface area contributed by atoms with Crippen LogP contribution in [0.15, 0.2) is 96.0 Å². The smallest absolute Gasteiger partial charge is 0.311 e. The van der Waals surface area contributed by atoms with Crippen LogP contribution in [0.2, 0.25) is 0 Å². The molecule has 0 spiro atoms. The van der Waals surface area contributed by atoms with Gasteiger partial charge in [-0.1, -0.05) is 78.9 Å². The molecule has 4 nitrogen and oxygen atoms in total. The monoisotopic (exact) mass is 327 g/mol. The predicted octanol–water partition coefficient (Wildman–Crippen LogP) is 4.36. The highest BCUT2D eigenvalue weighted by molar-refractivity contribution is 6.15. The number of aliphatic imine (C=N–C) groups is 1. The quantitative estimate of drug-likeness (QED) is 0.777. The molecule has 0 aliphatic carbocycles. The number of benzene rings is 3. The van der Waals surface area contributed by atoms with Gasteiger partial charge in [-0.05, 0) is 17.7 Å². The minimum absolute atomic E-state index is 0.316. The van der Waals surface area contributed by atoms with Gasteiger partial charge in [-0.2, -0.15) is 4.99 Å². The van der Waals surface area contributed by atoms with Crippen LogP contribution in [0.25, 0.3) is 0 Å². The first-order chi connectivity index (χ1) is 12.3. The topological polar surface area (TPSA) is 44.7 Å². The fraction of sp³-hybridized carbons (Fsp3) is 0.0476. The van der Waals surface area contributed by atoms with E-state index in [1.54, 1.807) is 0 Å². The number of amides is 2. The molecule has 1 N–H and O–H groups in total. The molecule has 4 rings (SSSR count). The lowest BCUT2D eigenvalue weighted by atomic mass is 10.1. The van der Waals surface area contributed by atoms with Gasteiger partial charge in [0, 0.05) is 11.3 Å². The average molecular weight is 327 g/mol. The Labute approximate surface area is 146 Å². The zero-order valence-electron chi connectivity index (χ0n) is 13.5. The summed E-state index contributed by atoms with van der Waals surface area (Å²) >= 11 is 0. The molecule has 3 aromatic rings. The van der Waals surface area contributed by atoms with Crippen LogP contribution in [0.3, 0.4) is 0 Å². The SMILES string of the molecule is O=C1N=C(c2ccccc2)N(c2ccccc2)C(c2ccccc2)N1. The highest BCUT2D eigenvalue weighted by Crippen LogP contribution is 2.30. The highest BCUT2D eigenvalue weighted by Gasteiger charge is 2.31. The van der Waals surface area contributed by atoms with Crippen LogP contribution in [0.5, 0.6) is 0 Å². The number of rotatable bonds is 3. The first-order valence-electron chi connectivity index (χ1n) is 8.17. The van der Waals surface area contributed by atoms with Crippen molar-refractivity contribution in [2.24, 2.45) is 4.99 Å². The van der Waals surface area contributed by atoms with Crippen LogP contribution in [-0.4, -0.2) is 11.9 Å². The molecule has 0 saturated carbocycles. The normalized spacial score (nSPS) is 17.0. The molecule has 1 atom stereocenters. The van der Waals surface area contributed by atoms with Crippen LogP contribution < -0.4 is 10.2 Å². The Morgan fingerprint density at radius 2 is 1.32 bits per heavy atom. The van der Waals surface area contributed by atoms with Gasteiger partial charge >= 0.3 is 6.03 Å². The zero-order chi connectivity index (χ0) is 17.1. The average Bonchev–Trinajstić information content (AvgIpc) is 2.69. The Morgan fingerprint density at radius 1 is 0.760 bits per heavy atom. The number of carbonyl (C=O) groups is 1. The van der Waals surface area contributed by atoms with Crippen molar-refractivity contribution in [2.45, 2.75) is 6.17 Å². The number of nitrogens with one attached hydrogen (secondary N) is 1. The molecule has 25 heavy (non-hydrogen) atoms. The maximum atomic E-state index is 12.3. The molecule has 0 bridgehead atoms. The van der Waals surface area contributed by atoms with Crippen molar-refractivity contribution in [2.75, 3.05) is 4.90 Å². The maximum absolute atomic E-state index is 12.3. The van der Waals surface area contributed by atoms with Gasteiger partial charge in [-0.15, -0.1) is 0 Å². The summed E-state index contributed by atoms with van der Waals surface area (Å²) in [7, 11) is 0. The number of urea groups is 1. The summed E-state index contributed by atoms with van der Waals surface area (Å²) in [6, 6.07) is 29.4. The second-order valence-electron chi connectivity index (χ2n) is 5.77. The van der Waals surface area contributed by atoms with E-state index in [-0.39, 0.29) is 12.2 Å².